The maximum atomic E-state index is 12.2. The van der Waals surface area contributed by atoms with Crippen LogP contribution in [0.3, 0.4) is 0 Å². The van der Waals surface area contributed by atoms with E-state index < -0.39 is 15.9 Å². The molecule has 0 radical (unpaired) electrons. The number of halogens is 1. The number of hydrazone groups is 1. The van der Waals surface area contributed by atoms with Crippen molar-refractivity contribution in [3.05, 3.63) is 45.7 Å². The largest absolute Gasteiger partial charge is 0.293 e. The predicted octanol–water partition coefficient (Wildman–Crippen LogP) is 2.02. The van der Waals surface area contributed by atoms with E-state index in [4.69, 9.17) is 0 Å². The lowest BCUT2D eigenvalue weighted by molar-refractivity contribution is 0.0948. The second-order valence-corrected chi connectivity index (χ2v) is 8.01. The van der Waals surface area contributed by atoms with Crippen molar-refractivity contribution in [3.8, 4) is 0 Å². The second-order valence-electron chi connectivity index (χ2n) is 5.46. The molecule has 0 spiro atoms. The van der Waals surface area contributed by atoms with Crippen LogP contribution in [0.15, 0.2) is 33.8 Å². The summed E-state index contributed by atoms with van der Waals surface area (Å²) in [5, 5.41) is 8.18. The zero-order valence-corrected chi connectivity index (χ0v) is 16.6. The average Bonchev–Trinajstić information content (AvgIpc) is 2.78. The van der Waals surface area contributed by atoms with Gasteiger partial charge < -0.3 is 0 Å². The summed E-state index contributed by atoms with van der Waals surface area (Å²) in [6, 6.07) is 6.72. The summed E-state index contributed by atoms with van der Waals surface area (Å²) in [5.41, 5.74) is 5.13. The van der Waals surface area contributed by atoms with Gasteiger partial charge in [-0.25, -0.2) is 13.8 Å². The highest BCUT2D eigenvalue weighted by Gasteiger charge is 2.17. The Hall–Kier alpha value is -2.20. The molecule has 2 rings (SSSR count). The second kappa shape index (κ2) is 7.36. The molecule has 0 unspecified atom stereocenters. The summed E-state index contributed by atoms with van der Waals surface area (Å²) in [6.07, 6.45) is 1.08. The van der Waals surface area contributed by atoms with Gasteiger partial charge >= 0.3 is 0 Å². The number of anilines is 1. The number of nitrogens with zero attached hydrogens (tertiary/aromatic N) is 3. The maximum Gasteiger partial charge on any atom is 0.293 e. The fourth-order valence-electron chi connectivity index (χ4n) is 2.00. The van der Waals surface area contributed by atoms with Gasteiger partial charge in [-0.15, -0.1) is 0 Å². The molecule has 0 aliphatic carbocycles. The third-order valence-electron chi connectivity index (χ3n) is 3.38. The number of aromatic nitrogens is 2. The van der Waals surface area contributed by atoms with E-state index in [1.165, 1.54) is 0 Å². The van der Waals surface area contributed by atoms with Gasteiger partial charge in [0.05, 0.1) is 22.1 Å². The number of sulfonamides is 1. The summed E-state index contributed by atoms with van der Waals surface area (Å²) in [4.78, 5) is 12.2. The molecule has 0 aliphatic heterocycles. The van der Waals surface area contributed by atoms with E-state index in [2.05, 4.69) is 36.3 Å². The van der Waals surface area contributed by atoms with Crippen molar-refractivity contribution in [2.45, 2.75) is 13.8 Å². The van der Waals surface area contributed by atoms with Crippen LogP contribution < -0.4 is 10.1 Å². The number of benzene rings is 1. The van der Waals surface area contributed by atoms with Crippen molar-refractivity contribution >= 4 is 43.3 Å². The van der Waals surface area contributed by atoms with Crippen molar-refractivity contribution < 1.29 is 13.2 Å². The van der Waals surface area contributed by atoms with Crippen molar-refractivity contribution in [2.75, 3.05) is 11.0 Å². The van der Waals surface area contributed by atoms with Crippen LogP contribution in [0.1, 0.15) is 28.7 Å². The van der Waals surface area contributed by atoms with Gasteiger partial charge in [0, 0.05) is 12.7 Å². The van der Waals surface area contributed by atoms with Crippen molar-refractivity contribution in [3.63, 3.8) is 0 Å². The summed E-state index contributed by atoms with van der Waals surface area (Å²) >= 11 is 3.33. The number of amides is 1. The van der Waals surface area contributed by atoms with Crippen LogP contribution in [0.2, 0.25) is 0 Å². The third kappa shape index (κ3) is 4.89. The summed E-state index contributed by atoms with van der Waals surface area (Å²) in [5.74, 6) is -0.444. The lowest BCUT2D eigenvalue weighted by atomic mass is 10.1. The summed E-state index contributed by atoms with van der Waals surface area (Å²) in [7, 11) is -1.62. The first-order chi connectivity index (χ1) is 11.6. The van der Waals surface area contributed by atoms with E-state index in [9.17, 15) is 13.2 Å². The van der Waals surface area contributed by atoms with Gasteiger partial charge in [0.1, 0.15) is 0 Å². The first-order valence-electron chi connectivity index (χ1n) is 7.20. The average molecular weight is 428 g/mol. The fraction of sp³-hybridized carbons (Fsp3) is 0.267. The van der Waals surface area contributed by atoms with E-state index >= 15 is 0 Å². The molecular weight excluding hydrogens is 410 g/mol. The molecule has 0 atom stereocenters. The Morgan fingerprint density at radius 2 is 2.04 bits per heavy atom. The van der Waals surface area contributed by atoms with E-state index in [1.807, 2.05) is 6.92 Å². The summed E-state index contributed by atoms with van der Waals surface area (Å²) in [6.45, 7) is 3.54. The molecule has 0 saturated carbocycles. The molecule has 10 heteroatoms. The number of nitrogens with one attached hydrogen (secondary N) is 2. The van der Waals surface area contributed by atoms with Crippen LogP contribution in [0.25, 0.3) is 0 Å². The molecule has 1 heterocycles. The Labute approximate surface area is 154 Å². The zero-order valence-electron chi connectivity index (χ0n) is 14.2. The smallest absolute Gasteiger partial charge is 0.284 e. The lowest BCUT2D eigenvalue weighted by Gasteiger charge is -2.06. The number of carbonyl (C=O) groups excluding carboxylic acids is 1. The lowest BCUT2D eigenvalue weighted by Crippen LogP contribution is -2.20. The van der Waals surface area contributed by atoms with Gasteiger partial charge in [-0.05, 0) is 47.5 Å². The number of hydrogen-bond acceptors (Lipinski definition) is 5. The van der Waals surface area contributed by atoms with Gasteiger partial charge in [-0.1, -0.05) is 12.1 Å². The van der Waals surface area contributed by atoms with Crippen LogP contribution in [-0.4, -0.2) is 36.1 Å². The van der Waals surface area contributed by atoms with Gasteiger partial charge in [0.15, 0.2) is 5.69 Å². The minimum Gasteiger partial charge on any atom is -0.284 e. The van der Waals surface area contributed by atoms with Crippen LogP contribution in [0.5, 0.6) is 0 Å². The van der Waals surface area contributed by atoms with Crippen LogP contribution in [-0.2, 0) is 17.1 Å². The quantitative estimate of drug-likeness (QED) is 0.562. The molecule has 0 saturated heterocycles. The van der Waals surface area contributed by atoms with Crippen LogP contribution in [0.4, 0.5) is 5.69 Å². The molecule has 8 nitrogen and oxygen atoms in total. The van der Waals surface area contributed by atoms with E-state index in [-0.39, 0.29) is 5.69 Å². The summed E-state index contributed by atoms with van der Waals surface area (Å²) < 4.78 is 27.2. The van der Waals surface area contributed by atoms with Gasteiger partial charge in [-0.3, -0.25) is 14.2 Å². The van der Waals surface area contributed by atoms with Crippen molar-refractivity contribution in [1.29, 1.82) is 0 Å². The topological polar surface area (TPSA) is 105 Å². The Balaban J connectivity index is 2.17. The zero-order chi connectivity index (χ0) is 18.8. The molecule has 0 bridgehead atoms. The van der Waals surface area contributed by atoms with Gasteiger partial charge in [0.25, 0.3) is 5.91 Å². The Kier molecular flexibility index (Phi) is 5.63. The Bertz CT molecular complexity index is 950. The predicted molar refractivity (Wildman–Crippen MR) is 100 cm³/mol. The van der Waals surface area contributed by atoms with E-state index in [0.29, 0.717) is 21.4 Å². The van der Waals surface area contributed by atoms with E-state index in [0.717, 1.165) is 11.9 Å². The van der Waals surface area contributed by atoms with Gasteiger partial charge in [0.2, 0.25) is 10.0 Å². The highest BCUT2D eigenvalue weighted by molar-refractivity contribution is 9.10. The molecule has 1 aromatic carbocycles. The standard InChI is InChI=1S/C15H18BrN5O3S/c1-9(11-6-5-7-12(8-11)20-25(4,23)24)17-18-15(22)14-13(16)10(2)21(3)19-14/h5-8,20H,1-4H3,(H,18,22)/b17-9+. The van der Waals surface area contributed by atoms with Crippen LogP contribution >= 0.6 is 15.9 Å². The molecule has 0 aliphatic rings. The monoisotopic (exact) mass is 427 g/mol. The number of aryl methyl sites for hydroxylation is 1. The molecule has 25 heavy (non-hydrogen) atoms. The van der Waals surface area contributed by atoms with Crippen LogP contribution in [0, 0.1) is 6.92 Å². The number of hydrogen-bond donors (Lipinski definition) is 2. The first kappa shape index (κ1) is 19.1. The molecule has 2 aromatic rings. The minimum atomic E-state index is -3.36. The molecule has 1 amide bonds. The first-order valence-corrected chi connectivity index (χ1v) is 9.89. The Morgan fingerprint density at radius 1 is 1.36 bits per heavy atom. The molecule has 134 valence electrons. The minimum absolute atomic E-state index is 0.240. The molecular formula is C15H18BrN5O3S. The van der Waals surface area contributed by atoms with E-state index in [1.54, 1.807) is 42.9 Å². The molecule has 2 N–H and O–H groups in total. The number of rotatable bonds is 5. The normalized spacial score (nSPS) is 12.1. The maximum absolute atomic E-state index is 12.2. The highest BCUT2D eigenvalue weighted by atomic mass is 79.9. The van der Waals surface area contributed by atoms with Crippen molar-refractivity contribution in [1.82, 2.24) is 15.2 Å². The molecule has 0 fully saturated rings. The Morgan fingerprint density at radius 3 is 2.60 bits per heavy atom. The highest BCUT2D eigenvalue weighted by Crippen LogP contribution is 2.19. The third-order valence-corrected chi connectivity index (χ3v) is 4.94. The fourth-order valence-corrected chi connectivity index (χ4v) is 3.07. The van der Waals surface area contributed by atoms with Gasteiger partial charge in [-0.2, -0.15) is 10.2 Å². The van der Waals surface area contributed by atoms with Crippen molar-refractivity contribution in [2.24, 2.45) is 12.1 Å². The SMILES string of the molecule is C/C(=N\NC(=O)c1nn(C)c(C)c1Br)c1cccc(NS(C)(=O)=O)c1. The molecule has 1 aromatic heterocycles. The number of carbonyl (C=O) groups is 1.